The molecule has 0 bridgehead atoms. The van der Waals surface area contributed by atoms with E-state index in [1.165, 1.54) is 0 Å². The third-order valence-corrected chi connectivity index (χ3v) is 4.51. The highest BCUT2D eigenvalue weighted by atomic mass is 16.5. The summed E-state index contributed by atoms with van der Waals surface area (Å²) in [6.07, 6.45) is 0. The molecule has 0 radical (unpaired) electrons. The van der Waals surface area contributed by atoms with Gasteiger partial charge < -0.3 is 19.9 Å². The normalized spacial score (nSPS) is 14.8. The average Bonchev–Trinajstić information content (AvgIpc) is 2.68. The highest BCUT2D eigenvalue weighted by Crippen LogP contribution is 2.16. The van der Waals surface area contributed by atoms with Crippen molar-refractivity contribution in [3.8, 4) is 5.75 Å². The predicted octanol–water partition coefficient (Wildman–Crippen LogP) is 2.34. The lowest BCUT2D eigenvalue weighted by atomic mass is 10.1. The zero-order chi connectivity index (χ0) is 18.5. The second-order valence-electron chi connectivity index (χ2n) is 6.36. The molecule has 6 heteroatoms. The van der Waals surface area contributed by atoms with Crippen molar-refractivity contribution in [3.05, 3.63) is 59.7 Å². The molecule has 2 amide bonds. The summed E-state index contributed by atoms with van der Waals surface area (Å²) in [7, 11) is 3.62. The van der Waals surface area contributed by atoms with Gasteiger partial charge in [-0.3, -0.25) is 9.59 Å². The van der Waals surface area contributed by atoms with Crippen LogP contribution in [0.5, 0.6) is 5.75 Å². The monoisotopic (exact) mass is 353 g/mol. The molecule has 1 aliphatic rings. The van der Waals surface area contributed by atoms with Gasteiger partial charge in [-0.15, -0.1) is 0 Å². The van der Waals surface area contributed by atoms with Gasteiger partial charge in [0.05, 0.1) is 7.11 Å². The quantitative estimate of drug-likeness (QED) is 0.916. The number of benzene rings is 2. The van der Waals surface area contributed by atoms with E-state index in [1.54, 1.807) is 55.6 Å². The number of rotatable bonds is 4. The van der Waals surface area contributed by atoms with Gasteiger partial charge in [0.1, 0.15) is 5.75 Å². The molecule has 0 spiro atoms. The van der Waals surface area contributed by atoms with Gasteiger partial charge in [-0.2, -0.15) is 0 Å². The molecule has 2 aromatic rings. The third-order valence-electron chi connectivity index (χ3n) is 4.51. The molecule has 0 atom stereocenters. The van der Waals surface area contributed by atoms with Crippen molar-refractivity contribution in [2.45, 2.75) is 0 Å². The van der Waals surface area contributed by atoms with Gasteiger partial charge in [-0.05, 0) is 49.5 Å². The summed E-state index contributed by atoms with van der Waals surface area (Å²) >= 11 is 0. The number of carbonyl (C=O) groups excluding carboxylic acids is 2. The largest absolute Gasteiger partial charge is 0.497 e. The van der Waals surface area contributed by atoms with Crippen LogP contribution in [-0.4, -0.2) is 62.0 Å². The molecule has 1 aliphatic heterocycles. The van der Waals surface area contributed by atoms with Gasteiger partial charge in [0.2, 0.25) is 0 Å². The van der Waals surface area contributed by atoms with Gasteiger partial charge >= 0.3 is 0 Å². The summed E-state index contributed by atoms with van der Waals surface area (Å²) in [4.78, 5) is 28.9. The number of amides is 2. The molecule has 26 heavy (non-hydrogen) atoms. The van der Waals surface area contributed by atoms with Crippen molar-refractivity contribution in [3.63, 3.8) is 0 Å². The number of hydrogen-bond donors (Lipinski definition) is 1. The van der Waals surface area contributed by atoms with E-state index in [0.717, 1.165) is 26.2 Å². The predicted molar refractivity (Wildman–Crippen MR) is 101 cm³/mol. The van der Waals surface area contributed by atoms with E-state index in [1.807, 2.05) is 4.90 Å². The molecular weight excluding hydrogens is 330 g/mol. The summed E-state index contributed by atoms with van der Waals surface area (Å²) in [6, 6.07) is 14.0. The second-order valence-corrected chi connectivity index (χ2v) is 6.36. The Labute approximate surface area is 153 Å². The van der Waals surface area contributed by atoms with E-state index in [0.29, 0.717) is 22.6 Å². The first-order valence-corrected chi connectivity index (χ1v) is 8.60. The molecule has 0 saturated carbocycles. The van der Waals surface area contributed by atoms with Crippen molar-refractivity contribution < 1.29 is 14.3 Å². The Morgan fingerprint density at radius 2 is 1.65 bits per heavy atom. The molecule has 3 rings (SSSR count). The fourth-order valence-electron chi connectivity index (χ4n) is 2.86. The van der Waals surface area contributed by atoms with E-state index in [-0.39, 0.29) is 11.8 Å². The molecule has 136 valence electrons. The maximum absolute atomic E-state index is 12.5. The first-order chi connectivity index (χ1) is 12.6. The summed E-state index contributed by atoms with van der Waals surface area (Å²) in [5.74, 6) is 0.441. The number of piperazine rings is 1. The van der Waals surface area contributed by atoms with Crippen LogP contribution in [0.3, 0.4) is 0 Å². The molecule has 1 heterocycles. The van der Waals surface area contributed by atoms with Crippen LogP contribution in [0.2, 0.25) is 0 Å². The zero-order valence-electron chi connectivity index (χ0n) is 15.1. The lowest BCUT2D eigenvalue weighted by molar-refractivity contribution is 0.0664. The Morgan fingerprint density at radius 3 is 2.31 bits per heavy atom. The van der Waals surface area contributed by atoms with Gasteiger partial charge in [0.15, 0.2) is 0 Å². The van der Waals surface area contributed by atoms with Crippen LogP contribution in [0.15, 0.2) is 48.5 Å². The van der Waals surface area contributed by atoms with E-state index < -0.39 is 0 Å². The smallest absolute Gasteiger partial charge is 0.255 e. The minimum atomic E-state index is -0.220. The summed E-state index contributed by atoms with van der Waals surface area (Å²) < 4.78 is 5.14. The van der Waals surface area contributed by atoms with E-state index >= 15 is 0 Å². The number of anilines is 1. The Kier molecular flexibility index (Phi) is 5.53. The lowest BCUT2D eigenvalue weighted by Gasteiger charge is -2.32. The molecule has 0 aromatic heterocycles. The fourth-order valence-corrected chi connectivity index (χ4v) is 2.86. The minimum absolute atomic E-state index is 0.0313. The third kappa shape index (κ3) is 4.21. The van der Waals surface area contributed by atoms with Gasteiger partial charge in [-0.25, -0.2) is 0 Å². The van der Waals surface area contributed by atoms with Crippen molar-refractivity contribution in [2.75, 3.05) is 45.7 Å². The lowest BCUT2D eigenvalue weighted by Crippen LogP contribution is -2.47. The van der Waals surface area contributed by atoms with Crippen LogP contribution in [0.1, 0.15) is 20.7 Å². The van der Waals surface area contributed by atoms with E-state index in [9.17, 15) is 9.59 Å². The van der Waals surface area contributed by atoms with Crippen molar-refractivity contribution >= 4 is 17.5 Å². The van der Waals surface area contributed by atoms with Gasteiger partial charge in [0, 0.05) is 43.0 Å². The Bertz CT molecular complexity index is 781. The maximum Gasteiger partial charge on any atom is 0.255 e. The van der Waals surface area contributed by atoms with E-state index in [2.05, 4.69) is 17.3 Å². The summed E-state index contributed by atoms with van der Waals surface area (Å²) in [5, 5.41) is 2.83. The van der Waals surface area contributed by atoms with Crippen LogP contribution in [0.4, 0.5) is 5.69 Å². The van der Waals surface area contributed by atoms with Crippen molar-refractivity contribution in [1.29, 1.82) is 0 Å². The van der Waals surface area contributed by atoms with E-state index in [4.69, 9.17) is 4.74 Å². The number of methoxy groups -OCH3 is 1. The second kappa shape index (κ2) is 8.01. The molecule has 1 N–H and O–H groups in total. The molecule has 6 nitrogen and oxygen atoms in total. The topological polar surface area (TPSA) is 61.9 Å². The molecule has 1 fully saturated rings. The van der Waals surface area contributed by atoms with Crippen LogP contribution >= 0.6 is 0 Å². The molecular formula is C20H23N3O3. The Balaban J connectivity index is 1.63. The SMILES string of the molecule is COc1cccc(C(=O)Nc2ccc(C(=O)N3CCN(C)CC3)cc2)c1. The molecule has 1 saturated heterocycles. The first-order valence-electron chi connectivity index (χ1n) is 8.60. The maximum atomic E-state index is 12.5. The van der Waals surface area contributed by atoms with Crippen LogP contribution < -0.4 is 10.1 Å². The first kappa shape index (κ1) is 17.9. The Hall–Kier alpha value is -2.86. The average molecular weight is 353 g/mol. The van der Waals surface area contributed by atoms with Crippen LogP contribution in [-0.2, 0) is 0 Å². The van der Waals surface area contributed by atoms with Crippen molar-refractivity contribution in [1.82, 2.24) is 9.80 Å². The number of ether oxygens (including phenoxy) is 1. The molecule has 0 aliphatic carbocycles. The van der Waals surface area contributed by atoms with Gasteiger partial charge in [0.25, 0.3) is 11.8 Å². The zero-order valence-corrected chi connectivity index (χ0v) is 15.1. The highest BCUT2D eigenvalue weighted by molar-refractivity contribution is 6.04. The van der Waals surface area contributed by atoms with Crippen LogP contribution in [0.25, 0.3) is 0 Å². The summed E-state index contributed by atoms with van der Waals surface area (Å²) in [6.45, 7) is 3.26. The number of hydrogen-bond acceptors (Lipinski definition) is 4. The standard InChI is InChI=1S/C20H23N3O3/c1-22-10-12-23(13-11-22)20(25)15-6-8-17(9-7-15)21-19(24)16-4-3-5-18(14-16)26-2/h3-9,14H,10-13H2,1-2H3,(H,21,24). The van der Waals surface area contributed by atoms with Gasteiger partial charge in [-0.1, -0.05) is 6.07 Å². The molecule has 2 aromatic carbocycles. The van der Waals surface area contributed by atoms with Crippen LogP contribution in [0, 0.1) is 0 Å². The highest BCUT2D eigenvalue weighted by Gasteiger charge is 2.20. The Morgan fingerprint density at radius 1 is 0.962 bits per heavy atom. The number of nitrogens with zero attached hydrogens (tertiary/aromatic N) is 2. The number of likely N-dealkylation sites (N-methyl/N-ethyl adjacent to an activating group) is 1. The molecule has 0 unspecified atom stereocenters. The number of nitrogens with one attached hydrogen (secondary N) is 1. The fraction of sp³-hybridized carbons (Fsp3) is 0.300. The minimum Gasteiger partial charge on any atom is -0.497 e. The summed E-state index contributed by atoms with van der Waals surface area (Å²) in [5.41, 5.74) is 1.80. The number of carbonyl (C=O) groups is 2. The van der Waals surface area contributed by atoms with Crippen molar-refractivity contribution in [2.24, 2.45) is 0 Å².